The van der Waals surface area contributed by atoms with Crippen LogP contribution in [0.2, 0.25) is 0 Å². The average Bonchev–Trinajstić information content (AvgIpc) is 2.87. The first-order chi connectivity index (χ1) is 17.5. The third-order valence-corrected chi connectivity index (χ3v) is 5.54. The molecule has 0 bridgehead atoms. The van der Waals surface area contributed by atoms with Gasteiger partial charge in [0.05, 0.1) is 18.3 Å². The molecule has 0 saturated heterocycles. The predicted molar refractivity (Wildman–Crippen MR) is 138 cm³/mol. The molecule has 0 heterocycles. The smallest absolute Gasteiger partial charge is 0.346 e. The van der Waals surface area contributed by atoms with Gasteiger partial charge in [0.2, 0.25) is 5.91 Å². The SMILES string of the molecule is CCCCCCCCCCCC(=O)NCC(=O)NN=Cc1ccc(OC(=O)c2ccccc2F)cc1. The summed E-state index contributed by atoms with van der Waals surface area (Å²) in [6, 6.07) is 11.9. The first-order valence-corrected chi connectivity index (χ1v) is 12.6. The second-order valence-corrected chi connectivity index (χ2v) is 8.59. The molecule has 36 heavy (non-hydrogen) atoms. The van der Waals surface area contributed by atoms with Gasteiger partial charge >= 0.3 is 5.97 Å². The van der Waals surface area contributed by atoms with E-state index >= 15 is 0 Å². The maximum atomic E-state index is 13.7. The molecule has 8 heteroatoms. The number of esters is 1. The summed E-state index contributed by atoms with van der Waals surface area (Å²) >= 11 is 0. The van der Waals surface area contributed by atoms with Crippen LogP contribution in [0.25, 0.3) is 0 Å². The van der Waals surface area contributed by atoms with Crippen molar-refractivity contribution in [2.24, 2.45) is 5.10 Å². The number of benzene rings is 2. The highest BCUT2D eigenvalue weighted by Gasteiger charge is 2.13. The number of halogens is 1. The molecule has 0 aromatic heterocycles. The zero-order valence-corrected chi connectivity index (χ0v) is 20.9. The Labute approximate surface area is 212 Å². The second-order valence-electron chi connectivity index (χ2n) is 8.59. The van der Waals surface area contributed by atoms with Crippen LogP contribution in [0, 0.1) is 5.82 Å². The van der Waals surface area contributed by atoms with E-state index in [0.29, 0.717) is 12.0 Å². The number of carbonyl (C=O) groups excluding carboxylic acids is 3. The molecule has 0 aliphatic heterocycles. The number of nitrogens with one attached hydrogen (secondary N) is 2. The van der Waals surface area contributed by atoms with E-state index in [1.807, 2.05) is 0 Å². The molecule has 2 aromatic rings. The van der Waals surface area contributed by atoms with E-state index in [1.54, 1.807) is 18.2 Å². The van der Waals surface area contributed by atoms with Crippen LogP contribution in [-0.2, 0) is 9.59 Å². The molecule has 0 spiro atoms. The van der Waals surface area contributed by atoms with Gasteiger partial charge in [-0.1, -0.05) is 70.4 Å². The minimum Gasteiger partial charge on any atom is -0.423 e. The van der Waals surface area contributed by atoms with E-state index in [1.165, 1.54) is 75.1 Å². The third-order valence-electron chi connectivity index (χ3n) is 5.54. The maximum Gasteiger partial charge on any atom is 0.346 e. The Balaban J connectivity index is 1.59. The van der Waals surface area contributed by atoms with Crippen molar-refractivity contribution in [3.05, 3.63) is 65.5 Å². The van der Waals surface area contributed by atoms with E-state index in [0.717, 1.165) is 19.3 Å². The van der Waals surface area contributed by atoms with E-state index in [-0.39, 0.29) is 23.8 Å². The van der Waals surface area contributed by atoms with Crippen LogP contribution >= 0.6 is 0 Å². The molecule has 2 rings (SSSR count). The Kier molecular flexibility index (Phi) is 13.5. The van der Waals surface area contributed by atoms with Gasteiger partial charge in [-0.15, -0.1) is 0 Å². The standard InChI is InChI=1S/C28H36FN3O4/c1-2-3-4-5-6-7-8-9-10-15-26(33)30-21-27(34)32-31-20-22-16-18-23(19-17-22)36-28(35)24-13-11-12-14-25(24)29/h11-14,16-20H,2-10,15,21H2,1H3,(H,30,33)(H,32,34). The number of nitrogens with zero attached hydrogens (tertiary/aromatic N) is 1. The van der Waals surface area contributed by atoms with Gasteiger partial charge in [-0.05, 0) is 48.4 Å². The van der Waals surface area contributed by atoms with Gasteiger partial charge in [-0.3, -0.25) is 9.59 Å². The van der Waals surface area contributed by atoms with Gasteiger partial charge in [0, 0.05) is 6.42 Å². The van der Waals surface area contributed by atoms with Crippen molar-refractivity contribution in [1.82, 2.24) is 10.7 Å². The lowest BCUT2D eigenvalue weighted by Crippen LogP contribution is -2.34. The molecule has 0 saturated carbocycles. The van der Waals surface area contributed by atoms with Crippen LogP contribution in [-0.4, -0.2) is 30.5 Å². The van der Waals surface area contributed by atoms with E-state index in [9.17, 15) is 18.8 Å². The molecular weight excluding hydrogens is 461 g/mol. The van der Waals surface area contributed by atoms with E-state index < -0.39 is 17.7 Å². The van der Waals surface area contributed by atoms with Crippen LogP contribution in [0.4, 0.5) is 4.39 Å². The fourth-order valence-corrected chi connectivity index (χ4v) is 3.49. The van der Waals surface area contributed by atoms with Gasteiger partial charge in [-0.2, -0.15) is 5.10 Å². The van der Waals surface area contributed by atoms with Crippen LogP contribution in [0.3, 0.4) is 0 Å². The van der Waals surface area contributed by atoms with E-state index in [2.05, 4.69) is 22.8 Å². The number of amides is 2. The molecule has 0 atom stereocenters. The van der Waals surface area contributed by atoms with Gasteiger partial charge in [0.15, 0.2) is 0 Å². The molecule has 0 fully saturated rings. The first kappa shape index (κ1) is 28.7. The summed E-state index contributed by atoms with van der Waals surface area (Å²) < 4.78 is 18.8. The Hall–Kier alpha value is -3.55. The fraction of sp³-hybridized carbons (Fsp3) is 0.429. The lowest BCUT2D eigenvalue weighted by Gasteiger charge is -2.05. The topological polar surface area (TPSA) is 96.9 Å². The molecule has 2 aromatic carbocycles. The Morgan fingerprint density at radius 3 is 2.17 bits per heavy atom. The average molecular weight is 498 g/mol. The van der Waals surface area contributed by atoms with Crippen LogP contribution < -0.4 is 15.5 Å². The largest absolute Gasteiger partial charge is 0.423 e. The van der Waals surface area contributed by atoms with Crippen molar-refractivity contribution in [2.45, 2.75) is 71.1 Å². The zero-order chi connectivity index (χ0) is 26.0. The highest BCUT2D eigenvalue weighted by atomic mass is 19.1. The maximum absolute atomic E-state index is 13.7. The Morgan fingerprint density at radius 2 is 1.50 bits per heavy atom. The van der Waals surface area contributed by atoms with Crippen molar-refractivity contribution < 1.29 is 23.5 Å². The van der Waals surface area contributed by atoms with Crippen LogP contribution in [0.15, 0.2) is 53.6 Å². The minimum atomic E-state index is -0.790. The monoisotopic (exact) mass is 497 g/mol. The molecular formula is C28H36FN3O4. The Bertz CT molecular complexity index is 993. The van der Waals surface area contributed by atoms with Gasteiger partial charge in [0.1, 0.15) is 11.6 Å². The fourth-order valence-electron chi connectivity index (χ4n) is 3.49. The lowest BCUT2D eigenvalue weighted by atomic mass is 10.1. The minimum absolute atomic E-state index is 0.140. The summed E-state index contributed by atoms with van der Waals surface area (Å²) in [4.78, 5) is 35.8. The lowest BCUT2D eigenvalue weighted by molar-refractivity contribution is -0.126. The molecule has 7 nitrogen and oxygen atoms in total. The molecule has 194 valence electrons. The highest BCUT2D eigenvalue weighted by molar-refractivity contribution is 5.91. The molecule has 0 aliphatic carbocycles. The normalized spacial score (nSPS) is 10.8. The number of rotatable bonds is 16. The van der Waals surface area contributed by atoms with E-state index in [4.69, 9.17) is 4.74 Å². The van der Waals surface area contributed by atoms with Crippen molar-refractivity contribution in [3.8, 4) is 5.75 Å². The quantitative estimate of drug-likeness (QED) is 0.105. The number of ether oxygens (including phenoxy) is 1. The number of unbranched alkanes of at least 4 members (excludes halogenated alkanes) is 8. The first-order valence-electron chi connectivity index (χ1n) is 12.6. The molecule has 0 unspecified atom stereocenters. The number of hydrazone groups is 1. The van der Waals surface area contributed by atoms with Gasteiger partial charge in [0.25, 0.3) is 5.91 Å². The molecule has 2 N–H and O–H groups in total. The van der Waals surface area contributed by atoms with Crippen LogP contribution in [0.1, 0.15) is 87.1 Å². The highest BCUT2D eigenvalue weighted by Crippen LogP contribution is 2.15. The van der Waals surface area contributed by atoms with Crippen molar-refractivity contribution in [1.29, 1.82) is 0 Å². The number of hydrogen-bond acceptors (Lipinski definition) is 5. The summed E-state index contributed by atoms with van der Waals surface area (Å²) in [5.41, 5.74) is 2.86. The summed E-state index contributed by atoms with van der Waals surface area (Å²) in [6.45, 7) is 2.07. The third kappa shape index (κ3) is 11.7. The summed E-state index contributed by atoms with van der Waals surface area (Å²) in [5, 5.41) is 6.46. The Morgan fingerprint density at radius 1 is 0.861 bits per heavy atom. The van der Waals surface area contributed by atoms with Crippen molar-refractivity contribution in [3.63, 3.8) is 0 Å². The van der Waals surface area contributed by atoms with Gasteiger partial charge in [-0.25, -0.2) is 14.6 Å². The molecule has 0 radical (unpaired) electrons. The second kappa shape index (κ2) is 17.0. The summed E-state index contributed by atoms with van der Waals surface area (Å²) in [6.07, 6.45) is 12.5. The van der Waals surface area contributed by atoms with Gasteiger partial charge < -0.3 is 10.1 Å². The predicted octanol–water partition coefficient (Wildman–Crippen LogP) is 5.53. The van der Waals surface area contributed by atoms with Crippen LogP contribution in [0.5, 0.6) is 5.75 Å². The zero-order valence-electron chi connectivity index (χ0n) is 20.9. The molecule has 0 aliphatic rings. The molecule has 2 amide bonds. The van der Waals surface area contributed by atoms with Crippen molar-refractivity contribution in [2.75, 3.05) is 6.54 Å². The summed E-state index contributed by atoms with van der Waals surface area (Å²) in [7, 11) is 0. The number of hydrogen-bond donors (Lipinski definition) is 2. The summed E-state index contributed by atoms with van der Waals surface area (Å²) in [5.74, 6) is -1.76. The number of carbonyl (C=O) groups is 3. The van der Waals surface area contributed by atoms with Crippen molar-refractivity contribution >= 4 is 24.0 Å².